The number of halogens is 2. The van der Waals surface area contributed by atoms with E-state index >= 15 is 0 Å². The van der Waals surface area contributed by atoms with Crippen molar-refractivity contribution in [1.82, 2.24) is 0 Å². The van der Waals surface area contributed by atoms with E-state index in [2.05, 4.69) is 31.9 Å². The van der Waals surface area contributed by atoms with Gasteiger partial charge in [-0.3, -0.25) is 0 Å². The number of ether oxygens (including phenoxy) is 1. The van der Waals surface area contributed by atoms with Gasteiger partial charge in [-0.1, -0.05) is 12.8 Å². The Morgan fingerprint density at radius 1 is 1.12 bits per heavy atom. The van der Waals surface area contributed by atoms with Gasteiger partial charge in [0.25, 0.3) is 0 Å². The molecule has 17 heavy (non-hydrogen) atoms. The standard InChI is InChI=1S/C13H20Br2O2/c14-13(15)7-8-17-12-6-2-3-9-10(12)4-1-5-11(9)16/h7,9-12,16H,1-6,8H2. The topological polar surface area (TPSA) is 29.5 Å². The molecule has 2 fully saturated rings. The summed E-state index contributed by atoms with van der Waals surface area (Å²) in [5, 5.41) is 10.1. The first kappa shape index (κ1) is 14.0. The molecule has 0 amide bonds. The summed E-state index contributed by atoms with van der Waals surface area (Å²) in [6.45, 7) is 0.649. The van der Waals surface area contributed by atoms with Gasteiger partial charge in [-0.2, -0.15) is 0 Å². The van der Waals surface area contributed by atoms with Crippen LogP contribution in [-0.2, 0) is 4.74 Å². The normalized spacial score (nSPS) is 37.4. The Bertz CT molecular complexity index is 277. The fourth-order valence-corrected chi connectivity index (χ4v) is 3.62. The maximum atomic E-state index is 10.1. The van der Waals surface area contributed by atoms with Crippen LogP contribution in [-0.4, -0.2) is 23.9 Å². The Balaban J connectivity index is 1.90. The number of aliphatic hydroxyl groups is 1. The second kappa shape index (κ2) is 6.69. The van der Waals surface area contributed by atoms with Crippen molar-refractivity contribution in [3.8, 4) is 0 Å². The maximum Gasteiger partial charge on any atom is 0.0670 e. The maximum absolute atomic E-state index is 10.1. The summed E-state index contributed by atoms with van der Waals surface area (Å²) < 4.78 is 6.91. The second-order valence-electron chi connectivity index (χ2n) is 5.12. The minimum atomic E-state index is -0.0846. The monoisotopic (exact) mass is 366 g/mol. The van der Waals surface area contributed by atoms with Gasteiger partial charge in [0.15, 0.2) is 0 Å². The SMILES string of the molecule is OC1CCCC2C(OCC=C(Br)Br)CCCC12. The van der Waals surface area contributed by atoms with Gasteiger partial charge >= 0.3 is 0 Å². The summed E-state index contributed by atoms with van der Waals surface area (Å²) in [5.41, 5.74) is 0. The van der Waals surface area contributed by atoms with E-state index in [0.717, 1.165) is 22.7 Å². The zero-order valence-corrected chi connectivity index (χ0v) is 13.1. The van der Waals surface area contributed by atoms with Crippen LogP contribution in [0.25, 0.3) is 0 Å². The van der Waals surface area contributed by atoms with Gasteiger partial charge in [0.2, 0.25) is 0 Å². The average molecular weight is 368 g/mol. The van der Waals surface area contributed by atoms with Crippen LogP contribution in [0.3, 0.4) is 0 Å². The Hall–Kier alpha value is 0.620. The molecule has 0 aromatic carbocycles. The third-order valence-electron chi connectivity index (χ3n) is 4.13. The lowest BCUT2D eigenvalue weighted by atomic mass is 9.68. The van der Waals surface area contributed by atoms with Crippen LogP contribution in [0.2, 0.25) is 0 Å². The quantitative estimate of drug-likeness (QED) is 0.817. The third-order valence-corrected chi connectivity index (χ3v) is 4.78. The first-order valence-corrected chi connectivity index (χ1v) is 8.08. The number of rotatable bonds is 3. The van der Waals surface area contributed by atoms with E-state index in [0.29, 0.717) is 24.5 Å². The van der Waals surface area contributed by atoms with Gasteiger partial charge < -0.3 is 9.84 Å². The van der Waals surface area contributed by atoms with Crippen LogP contribution in [0.4, 0.5) is 0 Å². The molecule has 1 N–H and O–H groups in total. The third kappa shape index (κ3) is 3.79. The van der Waals surface area contributed by atoms with Crippen molar-refractivity contribution >= 4 is 31.9 Å². The lowest BCUT2D eigenvalue weighted by molar-refractivity contribution is -0.0777. The Morgan fingerprint density at radius 3 is 2.59 bits per heavy atom. The molecular weight excluding hydrogens is 348 g/mol. The first-order chi connectivity index (χ1) is 8.18. The molecule has 2 rings (SSSR count). The molecule has 0 aliphatic heterocycles. The molecule has 2 aliphatic carbocycles. The van der Waals surface area contributed by atoms with Crippen LogP contribution < -0.4 is 0 Å². The summed E-state index contributed by atoms with van der Waals surface area (Å²) in [4.78, 5) is 0. The molecule has 4 atom stereocenters. The van der Waals surface area contributed by atoms with Gasteiger partial charge in [0, 0.05) is 0 Å². The number of fused-ring (bicyclic) bond motifs is 1. The van der Waals surface area contributed by atoms with E-state index in [-0.39, 0.29) is 6.10 Å². The van der Waals surface area contributed by atoms with Crippen molar-refractivity contribution in [1.29, 1.82) is 0 Å². The highest BCUT2D eigenvalue weighted by Gasteiger charge is 2.39. The summed E-state index contributed by atoms with van der Waals surface area (Å²) in [6, 6.07) is 0. The molecular formula is C13H20Br2O2. The number of hydrogen-bond acceptors (Lipinski definition) is 2. The van der Waals surface area contributed by atoms with Crippen LogP contribution >= 0.6 is 31.9 Å². The molecule has 0 radical (unpaired) electrons. The van der Waals surface area contributed by atoms with Gasteiger partial charge in [-0.05, 0) is 75.5 Å². The number of hydrogen-bond donors (Lipinski definition) is 1. The summed E-state index contributed by atoms with van der Waals surface area (Å²) >= 11 is 6.67. The highest BCUT2D eigenvalue weighted by Crippen LogP contribution is 2.41. The Labute approximate surface area is 120 Å². The summed E-state index contributed by atoms with van der Waals surface area (Å²) in [6.07, 6.45) is 9.15. The lowest BCUT2D eigenvalue weighted by Crippen LogP contribution is -2.42. The van der Waals surface area contributed by atoms with Crippen molar-refractivity contribution in [2.24, 2.45) is 11.8 Å². The van der Waals surface area contributed by atoms with Crippen molar-refractivity contribution < 1.29 is 9.84 Å². The molecule has 0 aromatic heterocycles. The van der Waals surface area contributed by atoms with E-state index in [1.54, 1.807) is 0 Å². The molecule has 0 bridgehead atoms. The van der Waals surface area contributed by atoms with Crippen LogP contribution in [0.5, 0.6) is 0 Å². The molecule has 0 heterocycles. The van der Waals surface area contributed by atoms with E-state index < -0.39 is 0 Å². The highest BCUT2D eigenvalue weighted by molar-refractivity contribution is 9.28. The van der Waals surface area contributed by atoms with Gasteiger partial charge in [-0.25, -0.2) is 0 Å². The van der Waals surface area contributed by atoms with E-state index in [9.17, 15) is 5.11 Å². The minimum absolute atomic E-state index is 0.0846. The Morgan fingerprint density at radius 2 is 1.82 bits per heavy atom. The molecule has 2 nitrogen and oxygen atoms in total. The predicted octanol–water partition coefficient (Wildman–Crippen LogP) is 3.96. The predicted molar refractivity (Wildman–Crippen MR) is 76.4 cm³/mol. The largest absolute Gasteiger partial charge is 0.393 e. The van der Waals surface area contributed by atoms with E-state index in [1.165, 1.54) is 19.3 Å². The van der Waals surface area contributed by atoms with E-state index in [1.807, 2.05) is 6.08 Å². The molecule has 0 aromatic rings. The number of aliphatic hydroxyl groups excluding tert-OH is 1. The molecule has 0 spiro atoms. The second-order valence-corrected chi connectivity index (χ2v) is 7.90. The van der Waals surface area contributed by atoms with Crippen molar-refractivity contribution in [2.45, 2.75) is 50.7 Å². The Kier molecular flexibility index (Phi) is 5.52. The van der Waals surface area contributed by atoms with Gasteiger partial charge in [0.1, 0.15) is 0 Å². The van der Waals surface area contributed by atoms with Crippen molar-refractivity contribution in [2.75, 3.05) is 6.61 Å². The summed E-state index contributed by atoms with van der Waals surface area (Å²) in [7, 11) is 0. The average Bonchev–Trinajstić information content (AvgIpc) is 2.30. The zero-order valence-electron chi connectivity index (χ0n) is 9.95. The first-order valence-electron chi connectivity index (χ1n) is 6.49. The molecule has 2 saturated carbocycles. The van der Waals surface area contributed by atoms with Crippen molar-refractivity contribution in [3.63, 3.8) is 0 Å². The van der Waals surface area contributed by atoms with E-state index in [4.69, 9.17) is 4.74 Å². The minimum Gasteiger partial charge on any atom is -0.393 e. The van der Waals surface area contributed by atoms with Crippen LogP contribution in [0, 0.1) is 11.8 Å². The highest BCUT2D eigenvalue weighted by atomic mass is 79.9. The van der Waals surface area contributed by atoms with Gasteiger partial charge in [0.05, 0.1) is 22.2 Å². The fraction of sp³-hybridized carbons (Fsp3) is 0.846. The molecule has 4 unspecified atom stereocenters. The smallest absolute Gasteiger partial charge is 0.0670 e. The molecule has 98 valence electrons. The molecule has 2 aliphatic rings. The van der Waals surface area contributed by atoms with Crippen LogP contribution in [0.15, 0.2) is 9.47 Å². The van der Waals surface area contributed by atoms with Crippen molar-refractivity contribution in [3.05, 3.63) is 9.47 Å². The lowest BCUT2D eigenvalue weighted by Gasteiger charge is -2.43. The zero-order chi connectivity index (χ0) is 12.3. The molecule has 4 heteroatoms. The van der Waals surface area contributed by atoms with Crippen LogP contribution in [0.1, 0.15) is 38.5 Å². The van der Waals surface area contributed by atoms with Gasteiger partial charge in [-0.15, -0.1) is 0 Å². The summed E-state index contributed by atoms with van der Waals surface area (Å²) in [5.74, 6) is 1.06. The fourth-order valence-electron chi connectivity index (χ4n) is 3.35. The molecule has 0 saturated heterocycles.